The number of carboxylic acids is 1. The van der Waals surface area contributed by atoms with Gasteiger partial charge in [-0.25, -0.2) is 4.79 Å². The van der Waals surface area contributed by atoms with Crippen molar-refractivity contribution in [2.45, 2.75) is 19.1 Å². The van der Waals surface area contributed by atoms with Gasteiger partial charge in [-0.3, -0.25) is 4.68 Å². The molecule has 0 fully saturated rings. The lowest BCUT2D eigenvalue weighted by molar-refractivity contribution is -0.142. The molecule has 0 aliphatic rings. The van der Waals surface area contributed by atoms with Crippen LogP contribution in [0, 0.1) is 0 Å². The Morgan fingerprint density at radius 3 is 2.40 bits per heavy atom. The molecule has 106 valence electrons. The molecule has 4 nitrogen and oxygen atoms in total. The molecule has 7 heteroatoms. The number of aromatic nitrogens is 2. The third kappa shape index (κ3) is 3.17. The van der Waals surface area contributed by atoms with Crippen LogP contribution in [0.15, 0.2) is 36.5 Å². The van der Waals surface area contributed by atoms with E-state index in [1.165, 1.54) is 0 Å². The first-order chi connectivity index (χ1) is 9.38. The molecule has 0 spiro atoms. The zero-order chi connectivity index (χ0) is 14.8. The molecule has 2 rings (SSSR count). The SMILES string of the molecule is O=C(O)c1cn(CCc2ccccc2)nc1C(F)(F)F. The standard InChI is InChI=1S/C13H11F3N2O2/c14-13(15,16)11-10(12(19)20)8-18(17-11)7-6-9-4-2-1-3-5-9/h1-5,8H,6-7H2,(H,19,20). The number of hydrogen-bond acceptors (Lipinski definition) is 2. The number of carbonyl (C=O) groups is 1. The minimum Gasteiger partial charge on any atom is -0.478 e. The van der Waals surface area contributed by atoms with Crippen LogP contribution in [0.25, 0.3) is 0 Å². The van der Waals surface area contributed by atoms with E-state index in [1.54, 1.807) is 0 Å². The second-order valence-corrected chi connectivity index (χ2v) is 4.19. The Kier molecular flexibility index (Phi) is 3.78. The van der Waals surface area contributed by atoms with Gasteiger partial charge in [-0.15, -0.1) is 0 Å². The number of aryl methyl sites for hydroxylation is 2. The zero-order valence-electron chi connectivity index (χ0n) is 10.3. The van der Waals surface area contributed by atoms with Crippen molar-refractivity contribution in [3.63, 3.8) is 0 Å². The summed E-state index contributed by atoms with van der Waals surface area (Å²) in [6.45, 7) is 0.181. The first-order valence-electron chi connectivity index (χ1n) is 5.80. The number of halogens is 3. The largest absolute Gasteiger partial charge is 0.478 e. The third-order valence-electron chi connectivity index (χ3n) is 2.73. The Morgan fingerprint density at radius 1 is 1.25 bits per heavy atom. The molecule has 0 amide bonds. The highest BCUT2D eigenvalue weighted by molar-refractivity contribution is 5.88. The van der Waals surface area contributed by atoms with Gasteiger partial charge in [0.25, 0.3) is 0 Å². The fraction of sp³-hybridized carbons (Fsp3) is 0.231. The molecular formula is C13H11F3N2O2. The van der Waals surface area contributed by atoms with Gasteiger partial charge in [-0.05, 0) is 12.0 Å². The summed E-state index contributed by atoms with van der Waals surface area (Å²) in [5.74, 6) is -1.64. The van der Waals surface area contributed by atoms with Crippen LogP contribution in [0.1, 0.15) is 21.6 Å². The molecular weight excluding hydrogens is 273 g/mol. The minimum atomic E-state index is -4.77. The van der Waals surface area contributed by atoms with Gasteiger partial charge in [0.15, 0.2) is 5.69 Å². The molecule has 0 saturated heterocycles. The second kappa shape index (κ2) is 5.36. The Balaban J connectivity index is 2.19. The predicted octanol–water partition coefficient (Wildman–Crippen LogP) is 2.84. The summed E-state index contributed by atoms with van der Waals surface area (Å²) in [4.78, 5) is 10.8. The fourth-order valence-electron chi connectivity index (χ4n) is 1.79. The van der Waals surface area contributed by atoms with Gasteiger partial charge in [-0.2, -0.15) is 18.3 Å². The van der Waals surface area contributed by atoms with E-state index < -0.39 is 23.4 Å². The first kappa shape index (κ1) is 14.1. The summed E-state index contributed by atoms with van der Waals surface area (Å²) in [6.07, 6.45) is -3.39. The van der Waals surface area contributed by atoms with E-state index in [9.17, 15) is 18.0 Å². The maximum Gasteiger partial charge on any atom is 0.436 e. The highest BCUT2D eigenvalue weighted by Crippen LogP contribution is 2.30. The molecule has 0 radical (unpaired) electrons. The first-order valence-corrected chi connectivity index (χ1v) is 5.80. The number of benzene rings is 1. The van der Waals surface area contributed by atoms with Crippen LogP contribution >= 0.6 is 0 Å². The summed E-state index contributed by atoms with van der Waals surface area (Å²) in [7, 11) is 0. The summed E-state index contributed by atoms with van der Waals surface area (Å²) >= 11 is 0. The Bertz CT molecular complexity index is 606. The Labute approximate surface area is 112 Å². The molecule has 0 saturated carbocycles. The van der Waals surface area contributed by atoms with Crippen molar-refractivity contribution in [1.82, 2.24) is 9.78 Å². The van der Waals surface area contributed by atoms with Gasteiger partial charge in [-0.1, -0.05) is 30.3 Å². The molecule has 2 aromatic rings. The minimum absolute atomic E-state index is 0.181. The Morgan fingerprint density at radius 2 is 1.90 bits per heavy atom. The van der Waals surface area contributed by atoms with E-state index in [0.717, 1.165) is 16.4 Å². The number of alkyl halides is 3. The summed E-state index contributed by atoms with van der Waals surface area (Å²) in [6, 6.07) is 9.16. The molecule has 1 aromatic heterocycles. The van der Waals surface area contributed by atoms with E-state index in [4.69, 9.17) is 5.11 Å². The lowest BCUT2D eigenvalue weighted by Crippen LogP contribution is -2.12. The van der Waals surface area contributed by atoms with Gasteiger partial charge in [0.05, 0.1) is 0 Å². The molecule has 0 aliphatic carbocycles. The summed E-state index contributed by atoms with van der Waals surface area (Å²) in [5.41, 5.74) is -1.25. The van der Waals surface area contributed by atoms with E-state index >= 15 is 0 Å². The molecule has 0 unspecified atom stereocenters. The maximum absolute atomic E-state index is 12.6. The van der Waals surface area contributed by atoms with Crippen molar-refractivity contribution in [3.05, 3.63) is 53.3 Å². The van der Waals surface area contributed by atoms with Crippen molar-refractivity contribution >= 4 is 5.97 Å². The number of aromatic carboxylic acids is 1. The summed E-state index contributed by atoms with van der Waals surface area (Å²) < 4.78 is 39.0. The molecule has 0 aliphatic heterocycles. The van der Waals surface area contributed by atoms with Crippen LogP contribution < -0.4 is 0 Å². The molecule has 1 N–H and O–H groups in total. The quantitative estimate of drug-likeness (QED) is 0.939. The van der Waals surface area contributed by atoms with Crippen LogP contribution in [0.2, 0.25) is 0 Å². The highest BCUT2D eigenvalue weighted by Gasteiger charge is 2.39. The van der Waals surface area contributed by atoms with E-state index in [1.807, 2.05) is 30.3 Å². The molecule has 1 heterocycles. The lowest BCUT2D eigenvalue weighted by atomic mass is 10.1. The molecule has 1 aromatic carbocycles. The van der Waals surface area contributed by atoms with Crippen molar-refractivity contribution in [2.75, 3.05) is 0 Å². The Hall–Kier alpha value is -2.31. The van der Waals surface area contributed by atoms with Crippen LogP contribution in [-0.4, -0.2) is 20.9 Å². The average molecular weight is 284 g/mol. The van der Waals surface area contributed by atoms with E-state index in [-0.39, 0.29) is 6.54 Å². The van der Waals surface area contributed by atoms with Crippen LogP contribution in [-0.2, 0) is 19.1 Å². The van der Waals surface area contributed by atoms with Crippen molar-refractivity contribution in [1.29, 1.82) is 0 Å². The molecule has 0 atom stereocenters. The van der Waals surface area contributed by atoms with Crippen LogP contribution in [0.4, 0.5) is 13.2 Å². The predicted molar refractivity (Wildman–Crippen MR) is 64.3 cm³/mol. The van der Waals surface area contributed by atoms with Gasteiger partial charge < -0.3 is 5.11 Å². The van der Waals surface area contributed by atoms with Gasteiger partial charge >= 0.3 is 12.1 Å². The van der Waals surface area contributed by atoms with Gasteiger partial charge in [0, 0.05) is 12.7 Å². The molecule has 0 bridgehead atoms. The zero-order valence-corrected chi connectivity index (χ0v) is 10.3. The monoisotopic (exact) mass is 284 g/mol. The smallest absolute Gasteiger partial charge is 0.436 e. The summed E-state index contributed by atoms with van der Waals surface area (Å²) in [5, 5.41) is 12.1. The second-order valence-electron chi connectivity index (χ2n) is 4.19. The number of hydrogen-bond donors (Lipinski definition) is 1. The maximum atomic E-state index is 12.6. The normalized spacial score (nSPS) is 11.6. The molecule has 20 heavy (non-hydrogen) atoms. The number of nitrogens with zero attached hydrogens (tertiary/aromatic N) is 2. The number of carboxylic acid groups (broad SMARTS) is 1. The van der Waals surface area contributed by atoms with Crippen molar-refractivity contribution in [2.24, 2.45) is 0 Å². The van der Waals surface area contributed by atoms with E-state index in [2.05, 4.69) is 5.10 Å². The third-order valence-corrected chi connectivity index (χ3v) is 2.73. The van der Waals surface area contributed by atoms with Crippen LogP contribution in [0.5, 0.6) is 0 Å². The van der Waals surface area contributed by atoms with Gasteiger partial charge in [0.1, 0.15) is 5.56 Å². The van der Waals surface area contributed by atoms with Crippen molar-refractivity contribution in [3.8, 4) is 0 Å². The fourth-order valence-corrected chi connectivity index (χ4v) is 1.79. The van der Waals surface area contributed by atoms with Gasteiger partial charge in [0.2, 0.25) is 0 Å². The van der Waals surface area contributed by atoms with Crippen LogP contribution in [0.3, 0.4) is 0 Å². The lowest BCUT2D eigenvalue weighted by Gasteiger charge is -2.03. The average Bonchev–Trinajstić information content (AvgIpc) is 2.82. The number of rotatable bonds is 4. The van der Waals surface area contributed by atoms with E-state index in [0.29, 0.717) is 6.42 Å². The topological polar surface area (TPSA) is 55.1 Å². The van der Waals surface area contributed by atoms with Crippen molar-refractivity contribution < 1.29 is 23.1 Å². The highest BCUT2D eigenvalue weighted by atomic mass is 19.4.